The fourth-order valence-electron chi connectivity index (χ4n) is 4.18. The zero-order valence-corrected chi connectivity index (χ0v) is 18.1. The van der Waals surface area contributed by atoms with E-state index in [1.54, 1.807) is 11.3 Å². The van der Waals surface area contributed by atoms with Crippen LogP contribution >= 0.6 is 11.3 Å². The van der Waals surface area contributed by atoms with Crippen molar-refractivity contribution < 1.29 is 9.53 Å². The first-order valence-electron chi connectivity index (χ1n) is 10.7. The van der Waals surface area contributed by atoms with Crippen LogP contribution in [-0.2, 0) is 11.2 Å². The number of thiazole rings is 1. The molecule has 31 heavy (non-hydrogen) atoms. The van der Waals surface area contributed by atoms with Gasteiger partial charge in [0.05, 0.1) is 16.3 Å². The van der Waals surface area contributed by atoms with Gasteiger partial charge in [0.25, 0.3) is 5.91 Å². The lowest BCUT2D eigenvalue weighted by Gasteiger charge is -2.23. The summed E-state index contributed by atoms with van der Waals surface area (Å²) in [5, 5.41) is 1.02. The number of benzene rings is 3. The average Bonchev–Trinajstić information content (AvgIpc) is 3.46. The fraction of sp³-hybridized carbons (Fsp3) is 0.231. The number of likely N-dealkylation sites (tertiary alicyclic amines) is 1. The van der Waals surface area contributed by atoms with E-state index in [1.165, 1.54) is 10.3 Å². The quantitative estimate of drug-likeness (QED) is 0.400. The van der Waals surface area contributed by atoms with Crippen molar-refractivity contribution in [1.82, 2.24) is 9.88 Å². The molecule has 3 aromatic carbocycles. The summed E-state index contributed by atoms with van der Waals surface area (Å²) in [6, 6.07) is 26.5. The third-order valence-electron chi connectivity index (χ3n) is 5.73. The first kappa shape index (κ1) is 19.8. The number of aromatic nitrogens is 1. The van der Waals surface area contributed by atoms with Crippen LogP contribution in [0.1, 0.15) is 35.0 Å². The second-order valence-electron chi connectivity index (χ2n) is 7.82. The zero-order chi connectivity index (χ0) is 21.0. The van der Waals surface area contributed by atoms with Gasteiger partial charge in [-0.25, -0.2) is 4.98 Å². The van der Waals surface area contributed by atoms with Crippen LogP contribution in [0.5, 0.6) is 5.75 Å². The molecule has 1 fully saturated rings. The van der Waals surface area contributed by atoms with Crippen molar-refractivity contribution in [3.63, 3.8) is 0 Å². The van der Waals surface area contributed by atoms with Gasteiger partial charge in [0, 0.05) is 13.0 Å². The Balaban J connectivity index is 1.28. The molecule has 1 aliphatic heterocycles. The molecule has 1 atom stereocenters. The third kappa shape index (κ3) is 4.32. The van der Waals surface area contributed by atoms with Crippen LogP contribution in [0.25, 0.3) is 10.2 Å². The molecule has 0 spiro atoms. The Morgan fingerprint density at radius 2 is 1.77 bits per heavy atom. The number of ether oxygens (including phenoxy) is 1. The van der Waals surface area contributed by atoms with Gasteiger partial charge in [-0.2, -0.15) is 0 Å². The van der Waals surface area contributed by atoms with Gasteiger partial charge in [-0.05, 0) is 42.2 Å². The van der Waals surface area contributed by atoms with Crippen LogP contribution in [0.4, 0.5) is 0 Å². The Kier molecular flexibility index (Phi) is 5.67. The summed E-state index contributed by atoms with van der Waals surface area (Å²) in [6.45, 7) is 0.807. The number of hydrogen-bond donors (Lipinski definition) is 0. The summed E-state index contributed by atoms with van der Waals surface area (Å²) in [7, 11) is 0. The highest BCUT2D eigenvalue weighted by atomic mass is 32.1. The standard InChI is InChI=1S/C26H24N2O2S/c29-25(18-30-23-14-6-4-11-20(23)17-19-9-2-1-3-10-19)28-16-8-13-22(28)26-27-21-12-5-7-15-24(21)31-26/h1-7,9-12,14-15,22H,8,13,16-18H2/t22-/m0/s1. The number of fused-ring (bicyclic) bond motifs is 1. The molecule has 2 heterocycles. The monoisotopic (exact) mass is 428 g/mol. The van der Waals surface area contributed by atoms with Crippen molar-refractivity contribution >= 4 is 27.5 Å². The smallest absolute Gasteiger partial charge is 0.261 e. The topological polar surface area (TPSA) is 42.4 Å². The van der Waals surface area contributed by atoms with E-state index < -0.39 is 0 Å². The molecule has 1 aromatic heterocycles. The first-order chi connectivity index (χ1) is 15.3. The molecule has 1 aliphatic rings. The number of nitrogens with zero attached hydrogens (tertiary/aromatic N) is 2. The third-order valence-corrected chi connectivity index (χ3v) is 6.87. The molecule has 0 unspecified atom stereocenters. The molecule has 0 N–H and O–H groups in total. The lowest BCUT2D eigenvalue weighted by molar-refractivity contribution is -0.134. The Morgan fingerprint density at radius 3 is 2.65 bits per heavy atom. The lowest BCUT2D eigenvalue weighted by Crippen LogP contribution is -2.34. The summed E-state index contributed by atoms with van der Waals surface area (Å²) in [5.41, 5.74) is 3.32. The predicted octanol–water partition coefficient (Wildman–Crippen LogP) is 5.63. The van der Waals surface area contributed by atoms with Gasteiger partial charge in [-0.1, -0.05) is 60.7 Å². The second kappa shape index (κ2) is 8.90. The van der Waals surface area contributed by atoms with E-state index in [0.717, 1.165) is 47.6 Å². The van der Waals surface area contributed by atoms with E-state index in [9.17, 15) is 4.79 Å². The molecule has 156 valence electrons. The Bertz CT molecular complexity index is 1160. The van der Waals surface area contributed by atoms with E-state index in [4.69, 9.17) is 9.72 Å². The summed E-state index contributed by atoms with van der Waals surface area (Å²) in [5.74, 6) is 0.798. The van der Waals surface area contributed by atoms with Crippen molar-refractivity contribution in [2.45, 2.75) is 25.3 Å². The zero-order valence-electron chi connectivity index (χ0n) is 17.2. The van der Waals surface area contributed by atoms with Gasteiger partial charge in [-0.15, -0.1) is 11.3 Å². The normalized spacial score (nSPS) is 16.0. The number of hydrogen-bond acceptors (Lipinski definition) is 4. The molecule has 0 aliphatic carbocycles. The van der Waals surface area contributed by atoms with Gasteiger partial charge in [0.1, 0.15) is 10.8 Å². The number of rotatable bonds is 6. The van der Waals surface area contributed by atoms with Crippen LogP contribution in [0.3, 0.4) is 0 Å². The molecule has 5 heteroatoms. The van der Waals surface area contributed by atoms with Gasteiger partial charge < -0.3 is 9.64 Å². The summed E-state index contributed by atoms with van der Waals surface area (Å²) in [4.78, 5) is 19.8. The summed E-state index contributed by atoms with van der Waals surface area (Å²) < 4.78 is 7.19. The van der Waals surface area contributed by atoms with Crippen LogP contribution in [0.15, 0.2) is 78.9 Å². The van der Waals surface area contributed by atoms with Crippen molar-refractivity contribution in [2.24, 2.45) is 0 Å². The van der Waals surface area contributed by atoms with Gasteiger partial charge in [-0.3, -0.25) is 4.79 Å². The molecule has 1 amide bonds. The van der Waals surface area contributed by atoms with E-state index in [1.807, 2.05) is 59.5 Å². The van der Waals surface area contributed by atoms with Crippen LogP contribution < -0.4 is 4.74 Å². The predicted molar refractivity (Wildman–Crippen MR) is 124 cm³/mol. The minimum Gasteiger partial charge on any atom is -0.483 e. The maximum Gasteiger partial charge on any atom is 0.261 e. The van der Waals surface area contributed by atoms with Crippen LogP contribution in [0.2, 0.25) is 0 Å². The maximum atomic E-state index is 13.1. The Morgan fingerprint density at radius 1 is 1.00 bits per heavy atom. The van der Waals surface area contributed by atoms with E-state index in [0.29, 0.717) is 0 Å². The molecule has 1 saturated heterocycles. The highest BCUT2D eigenvalue weighted by Gasteiger charge is 2.32. The Labute approximate surface area is 186 Å². The molecular formula is C26H24N2O2S. The van der Waals surface area contributed by atoms with Crippen molar-refractivity contribution in [1.29, 1.82) is 0 Å². The largest absolute Gasteiger partial charge is 0.483 e. The van der Waals surface area contributed by atoms with Crippen LogP contribution in [-0.4, -0.2) is 28.9 Å². The SMILES string of the molecule is O=C(COc1ccccc1Cc1ccccc1)N1CCC[C@H]1c1nc2ccccc2s1. The van der Waals surface area contributed by atoms with E-state index >= 15 is 0 Å². The van der Waals surface area contributed by atoms with Crippen molar-refractivity contribution in [2.75, 3.05) is 13.2 Å². The second-order valence-corrected chi connectivity index (χ2v) is 8.89. The fourth-order valence-corrected chi connectivity index (χ4v) is 5.30. The van der Waals surface area contributed by atoms with Crippen molar-refractivity contribution in [3.8, 4) is 5.75 Å². The number of amides is 1. The van der Waals surface area contributed by atoms with Crippen molar-refractivity contribution in [3.05, 3.63) is 95.0 Å². The van der Waals surface area contributed by atoms with E-state index in [2.05, 4.69) is 24.3 Å². The molecule has 0 saturated carbocycles. The highest BCUT2D eigenvalue weighted by molar-refractivity contribution is 7.18. The highest BCUT2D eigenvalue weighted by Crippen LogP contribution is 2.36. The van der Waals surface area contributed by atoms with Crippen LogP contribution in [0, 0.1) is 0 Å². The number of carbonyl (C=O) groups is 1. The molecule has 4 nitrogen and oxygen atoms in total. The molecular weight excluding hydrogens is 404 g/mol. The molecule has 0 bridgehead atoms. The first-order valence-corrected chi connectivity index (χ1v) is 11.5. The minimum atomic E-state index is 0.0243. The lowest BCUT2D eigenvalue weighted by atomic mass is 10.0. The van der Waals surface area contributed by atoms with Gasteiger partial charge in [0.15, 0.2) is 6.61 Å². The molecule has 5 rings (SSSR count). The Hall–Kier alpha value is -3.18. The average molecular weight is 429 g/mol. The van der Waals surface area contributed by atoms with Gasteiger partial charge >= 0.3 is 0 Å². The summed E-state index contributed by atoms with van der Waals surface area (Å²) in [6.07, 6.45) is 2.73. The number of carbonyl (C=O) groups excluding carboxylic acids is 1. The number of para-hydroxylation sites is 2. The van der Waals surface area contributed by atoms with Gasteiger partial charge in [0.2, 0.25) is 0 Å². The molecule has 0 radical (unpaired) electrons. The minimum absolute atomic E-state index is 0.0243. The maximum absolute atomic E-state index is 13.1. The summed E-state index contributed by atoms with van der Waals surface area (Å²) >= 11 is 1.69. The molecule has 4 aromatic rings. The van der Waals surface area contributed by atoms with E-state index in [-0.39, 0.29) is 18.6 Å².